The number of hydrogen-bond acceptors (Lipinski definition) is 4. The SMILES string of the molecule is COCC1(C(=O)N2CCC(Oc3ccccc3)CC2)CCNCC1.Cl. The summed E-state index contributed by atoms with van der Waals surface area (Å²) in [5.41, 5.74) is -0.340. The van der Waals surface area contributed by atoms with Gasteiger partial charge in [-0.2, -0.15) is 0 Å². The van der Waals surface area contributed by atoms with E-state index < -0.39 is 0 Å². The zero-order chi connectivity index (χ0) is 16.8. The van der Waals surface area contributed by atoms with Crippen molar-refractivity contribution in [2.45, 2.75) is 31.8 Å². The quantitative estimate of drug-likeness (QED) is 0.867. The van der Waals surface area contributed by atoms with Crippen LogP contribution in [0.15, 0.2) is 30.3 Å². The molecule has 0 unspecified atom stereocenters. The van der Waals surface area contributed by atoms with Gasteiger partial charge in [-0.1, -0.05) is 18.2 Å². The van der Waals surface area contributed by atoms with Crippen molar-refractivity contribution in [3.8, 4) is 5.75 Å². The number of hydrogen-bond donors (Lipinski definition) is 1. The van der Waals surface area contributed by atoms with Crippen molar-refractivity contribution in [2.24, 2.45) is 5.41 Å². The van der Waals surface area contributed by atoms with Gasteiger partial charge >= 0.3 is 0 Å². The minimum atomic E-state index is -0.340. The van der Waals surface area contributed by atoms with E-state index in [0.29, 0.717) is 6.61 Å². The number of amides is 1. The first kappa shape index (κ1) is 20.0. The van der Waals surface area contributed by atoms with Crippen molar-refractivity contribution in [3.63, 3.8) is 0 Å². The van der Waals surface area contributed by atoms with Crippen molar-refractivity contribution in [1.29, 1.82) is 0 Å². The van der Waals surface area contributed by atoms with Crippen molar-refractivity contribution >= 4 is 18.3 Å². The summed E-state index contributed by atoms with van der Waals surface area (Å²) in [6.07, 6.45) is 3.70. The van der Waals surface area contributed by atoms with E-state index in [4.69, 9.17) is 9.47 Å². The number of methoxy groups -OCH3 is 1. The van der Waals surface area contributed by atoms with Crippen molar-refractivity contribution in [2.75, 3.05) is 39.9 Å². The van der Waals surface area contributed by atoms with E-state index in [0.717, 1.165) is 57.6 Å². The highest BCUT2D eigenvalue weighted by atomic mass is 35.5. The molecular formula is C19H29ClN2O3. The monoisotopic (exact) mass is 368 g/mol. The molecule has 0 spiro atoms. The molecule has 25 heavy (non-hydrogen) atoms. The summed E-state index contributed by atoms with van der Waals surface area (Å²) in [7, 11) is 1.69. The Morgan fingerprint density at radius 2 is 1.84 bits per heavy atom. The molecule has 0 bridgehead atoms. The van der Waals surface area contributed by atoms with E-state index in [1.54, 1.807) is 7.11 Å². The molecule has 0 radical (unpaired) electrons. The fraction of sp³-hybridized carbons (Fsp3) is 0.632. The summed E-state index contributed by atoms with van der Waals surface area (Å²) >= 11 is 0. The molecule has 3 rings (SSSR count). The van der Waals surface area contributed by atoms with Gasteiger partial charge < -0.3 is 19.7 Å². The number of carbonyl (C=O) groups excluding carboxylic acids is 1. The van der Waals surface area contributed by atoms with E-state index in [-0.39, 0.29) is 29.8 Å². The summed E-state index contributed by atoms with van der Waals surface area (Å²) in [5.74, 6) is 1.18. The van der Waals surface area contributed by atoms with Gasteiger partial charge in [0.25, 0.3) is 0 Å². The number of nitrogens with one attached hydrogen (secondary N) is 1. The van der Waals surface area contributed by atoms with Gasteiger partial charge in [0.2, 0.25) is 5.91 Å². The molecule has 6 heteroatoms. The molecule has 2 saturated heterocycles. The van der Waals surface area contributed by atoms with E-state index in [2.05, 4.69) is 5.32 Å². The van der Waals surface area contributed by atoms with Gasteiger partial charge in [-0.15, -0.1) is 12.4 Å². The third-order valence-electron chi connectivity index (χ3n) is 5.21. The summed E-state index contributed by atoms with van der Waals surface area (Å²) in [4.78, 5) is 15.1. The fourth-order valence-electron chi connectivity index (χ4n) is 3.81. The lowest BCUT2D eigenvalue weighted by atomic mass is 9.78. The molecule has 2 heterocycles. The van der Waals surface area contributed by atoms with Crippen molar-refractivity contribution < 1.29 is 14.3 Å². The smallest absolute Gasteiger partial charge is 0.231 e. The van der Waals surface area contributed by atoms with E-state index in [9.17, 15) is 4.79 Å². The minimum Gasteiger partial charge on any atom is -0.490 e. The molecule has 1 aromatic carbocycles. The average Bonchev–Trinajstić information content (AvgIpc) is 2.64. The molecule has 2 aliphatic rings. The van der Waals surface area contributed by atoms with E-state index in [1.165, 1.54) is 0 Å². The number of benzene rings is 1. The van der Waals surface area contributed by atoms with Gasteiger partial charge in [-0.3, -0.25) is 4.79 Å². The van der Waals surface area contributed by atoms with Crippen LogP contribution in [-0.4, -0.2) is 56.8 Å². The average molecular weight is 369 g/mol. The fourth-order valence-corrected chi connectivity index (χ4v) is 3.81. The van der Waals surface area contributed by atoms with Crippen molar-refractivity contribution in [1.82, 2.24) is 10.2 Å². The first-order valence-corrected chi connectivity index (χ1v) is 8.94. The van der Waals surface area contributed by atoms with Crippen LogP contribution in [0.25, 0.3) is 0 Å². The second kappa shape index (κ2) is 9.41. The number of nitrogens with zero attached hydrogens (tertiary/aromatic N) is 1. The second-order valence-electron chi connectivity index (χ2n) is 6.89. The molecule has 0 aliphatic carbocycles. The molecule has 1 N–H and O–H groups in total. The lowest BCUT2D eigenvalue weighted by Gasteiger charge is -2.41. The zero-order valence-electron chi connectivity index (χ0n) is 14.9. The molecule has 1 aromatic rings. The van der Waals surface area contributed by atoms with Crippen LogP contribution in [0.5, 0.6) is 5.75 Å². The molecule has 2 fully saturated rings. The van der Waals surface area contributed by atoms with Crippen LogP contribution in [0.3, 0.4) is 0 Å². The Bertz CT molecular complexity index is 521. The predicted molar refractivity (Wildman–Crippen MR) is 100 cm³/mol. The van der Waals surface area contributed by atoms with Crippen LogP contribution in [0.2, 0.25) is 0 Å². The maximum absolute atomic E-state index is 13.1. The van der Waals surface area contributed by atoms with Gasteiger partial charge in [-0.25, -0.2) is 0 Å². The second-order valence-corrected chi connectivity index (χ2v) is 6.89. The highest BCUT2D eigenvalue weighted by Crippen LogP contribution is 2.33. The summed E-state index contributed by atoms with van der Waals surface area (Å²) in [6, 6.07) is 9.93. The molecule has 0 aromatic heterocycles. The Morgan fingerprint density at radius 3 is 2.44 bits per heavy atom. The van der Waals surface area contributed by atoms with Gasteiger partial charge in [-0.05, 0) is 38.1 Å². The molecule has 2 aliphatic heterocycles. The molecule has 5 nitrogen and oxygen atoms in total. The minimum absolute atomic E-state index is 0. The van der Waals surface area contributed by atoms with Crippen LogP contribution in [-0.2, 0) is 9.53 Å². The Balaban J connectivity index is 0.00000225. The maximum atomic E-state index is 13.1. The van der Waals surface area contributed by atoms with Gasteiger partial charge in [0, 0.05) is 33.0 Å². The first-order valence-electron chi connectivity index (χ1n) is 8.94. The lowest BCUT2D eigenvalue weighted by molar-refractivity contribution is -0.149. The highest BCUT2D eigenvalue weighted by Gasteiger charge is 2.43. The van der Waals surface area contributed by atoms with Crippen LogP contribution in [0.4, 0.5) is 0 Å². The third kappa shape index (κ3) is 4.87. The number of halogens is 1. The molecule has 1 amide bonds. The topological polar surface area (TPSA) is 50.8 Å². The maximum Gasteiger partial charge on any atom is 0.231 e. The van der Waals surface area contributed by atoms with Crippen molar-refractivity contribution in [3.05, 3.63) is 30.3 Å². The first-order chi connectivity index (χ1) is 11.7. The van der Waals surface area contributed by atoms with Crippen LogP contribution in [0.1, 0.15) is 25.7 Å². The Hall–Kier alpha value is -1.30. The number of ether oxygens (including phenoxy) is 2. The van der Waals surface area contributed by atoms with Gasteiger partial charge in [0.1, 0.15) is 11.9 Å². The number of rotatable bonds is 5. The Labute approximate surface area is 156 Å². The summed E-state index contributed by atoms with van der Waals surface area (Å²) < 4.78 is 11.4. The molecule has 0 saturated carbocycles. The molecular weight excluding hydrogens is 340 g/mol. The van der Waals surface area contributed by atoms with Crippen LogP contribution < -0.4 is 10.1 Å². The highest BCUT2D eigenvalue weighted by molar-refractivity contribution is 5.85. The molecule has 0 atom stereocenters. The number of carbonyl (C=O) groups is 1. The van der Waals surface area contributed by atoms with Crippen LogP contribution >= 0.6 is 12.4 Å². The Kier molecular flexibility index (Phi) is 7.54. The summed E-state index contributed by atoms with van der Waals surface area (Å²) in [5, 5.41) is 3.34. The van der Waals surface area contributed by atoms with Gasteiger partial charge in [0.15, 0.2) is 0 Å². The van der Waals surface area contributed by atoms with Gasteiger partial charge in [0.05, 0.1) is 12.0 Å². The predicted octanol–water partition coefficient (Wildman–Crippen LogP) is 2.49. The normalized spacial score (nSPS) is 20.6. The summed E-state index contributed by atoms with van der Waals surface area (Å²) in [6.45, 7) is 3.85. The van der Waals surface area contributed by atoms with E-state index in [1.807, 2.05) is 35.2 Å². The van der Waals surface area contributed by atoms with E-state index >= 15 is 0 Å². The number of likely N-dealkylation sites (tertiary alicyclic amines) is 1. The number of para-hydroxylation sites is 1. The third-order valence-corrected chi connectivity index (χ3v) is 5.21. The largest absolute Gasteiger partial charge is 0.490 e. The standard InChI is InChI=1S/C19H28N2O3.ClH/c1-23-15-19(9-11-20-12-10-19)18(22)21-13-7-17(8-14-21)24-16-5-3-2-4-6-16;/h2-6,17,20H,7-15H2,1H3;1H. The molecule has 140 valence electrons. The van der Waals surface area contributed by atoms with Crippen LogP contribution in [0, 0.1) is 5.41 Å². The lowest BCUT2D eigenvalue weighted by Crippen LogP contribution is -2.54. The number of piperidine rings is 2. The zero-order valence-corrected chi connectivity index (χ0v) is 15.7. The Morgan fingerprint density at radius 1 is 1.20 bits per heavy atom.